The molecular formula is C15H15ClIN. The van der Waals surface area contributed by atoms with Gasteiger partial charge in [0.05, 0.1) is 6.04 Å². The highest BCUT2D eigenvalue weighted by Crippen LogP contribution is 2.29. The molecule has 94 valence electrons. The zero-order chi connectivity index (χ0) is 13.3. The maximum atomic E-state index is 6.39. The van der Waals surface area contributed by atoms with E-state index < -0.39 is 0 Å². The lowest BCUT2D eigenvalue weighted by atomic mass is 9.94. The van der Waals surface area contributed by atoms with Crippen molar-refractivity contribution in [1.29, 1.82) is 0 Å². The molecule has 0 saturated heterocycles. The molecule has 0 aromatic heterocycles. The summed E-state index contributed by atoms with van der Waals surface area (Å²) in [6.07, 6.45) is 0. The smallest absolute Gasteiger partial charge is 0.0565 e. The van der Waals surface area contributed by atoms with Crippen molar-refractivity contribution in [3.05, 3.63) is 67.2 Å². The van der Waals surface area contributed by atoms with Gasteiger partial charge in [-0.15, -0.1) is 0 Å². The Balaban J connectivity index is 2.50. The maximum Gasteiger partial charge on any atom is 0.0565 e. The third-order valence-electron chi connectivity index (χ3n) is 3.06. The maximum absolute atomic E-state index is 6.39. The fraction of sp³-hybridized carbons (Fsp3) is 0.200. The predicted molar refractivity (Wildman–Crippen MR) is 86.1 cm³/mol. The van der Waals surface area contributed by atoms with Gasteiger partial charge in [-0.25, -0.2) is 0 Å². The third-order valence-corrected chi connectivity index (χ3v) is 4.28. The van der Waals surface area contributed by atoms with Crippen LogP contribution in [0.3, 0.4) is 0 Å². The molecule has 1 atom stereocenters. The van der Waals surface area contributed by atoms with E-state index in [2.05, 4.69) is 54.6 Å². The second-order valence-corrected chi connectivity index (χ2v) is 6.10. The highest BCUT2D eigenvalue weighted by atomic mass is 127. The number of nitrogens with two attached hydrogens (primary N) is 1. The van der Waals surface area contributed by atoms with Crippen LogP contribution in [0.2, 0.25) is 5.02 Å². The van der Waals surface area contributed by atoms with Crippen molar-refractivity contribution in [3.63, 3.8) is 0 Å². The van der Waals surface area contributed by atoms with Crippen LogP contribution in [0.5, 0.6) is 0 Å². The minimum absolute atomic E-state index is 0.129. The molecule has 0 radical (unpaired) electrons. The van der Waals surface area contributed by atoms with E-state index in [9.17, 15) is 0 Å². The molecule has 0 heterocycles. The van der Waals surface area contributed by atoms with Gasteiger partial charge in [-0.3, -0.25) is 0 Å². The van der Waals surface area contributed by atoms with E-state index in [4.69, 9.17) is 17.3 Å². The van der Waals surface area contributed by atoms with Crippen molar-refractivity contribution >= 4 is 34.2 Å². The quantitative estimate of drug-likeness (QED) is 0.767. The van der Waals surface area contributed by atoms with Gasteiger partial charge in [0.15, 0.2) is 0 Å². The number of benzene rings is 2. The molecule has 18 heavy (non-hydrogen) atoms. The van der Waals surface area contributed by atoms with Gasteiger partial charge in [-0.05, 0) is 71.3 Å². The summed E-state index contributed by atoms with van der Waals surface area (Å²) in [4.78, 5) is 0. The van der Waals surface area contributed by atoms with Crippen LogP contribution in [0.25, 0.3) is 0 Å². The zero-order valence-electron chi connectivity index (χ0n) is 10.4. The van der Waals surface area contributed by atoms with Gasteiger partial charge >= 0.3 is 0 Å². The Kier molecular flexibility index (Phi) is 4.30. The summed E-state index contributed by atoms with van der Waals surface area (Å²) in [7, 11) is 0. The van der Waals surface area contributed by atoms with Crippen molar-refractivity contribution in [2.75, 3.05) is 0 Å². The topological polar surface area (TPSA) is 26.0 Å². The van der Waals surface area contributed by atoms with Crippen LogP contribution < -0.4 is 5.73 Å². The molecule has 0 spiro atoms. The van der Waals surface area contributed by atoms with Crippen LogP contribution in [-0.2, 0) is 0 Å². The van der Waals surface area contributed by atoms with Crippen LogP contribution in [0.15, 0.2) is 36.4 Å². The van der Waals surface area contributed by atoms with E-state index in [-0.39, 0.29) is 6.04 Å². The molecule has 0 aliphatic carbocycles. The van der Waals surface area contributed by atoms with Gasteiger partial charge in [0, 0.05) is 8.59 Å². The van der Waals surface area contributed by atoms with Crippen molar-refractivity contribution in [2.45, 2.75) is 19.9 Å². The molecule has 0 amide bonds. The zero-order valence-corrected chi connectivity index (χ0v) is 13.3. The average molecular weight is 372 g/mol. The van der Waals surface area contributed by atoms with Gasteiger partial charge < -0.3 is 5.73 Å². The van der Waals surface area contributed by atoms with E-state index in [1.165, 1.54) is 11.1 Å². The molecule has 2 rings (SSSR count). The number of hydrogen-bond donors (Lipinski definition) is 1. The Labute approximate surface area is 126 Å². The Morgan fingerprint density at radius 2 is 1.78 bits per heavy atom. The summed E-state index contributed by atoms with van der Waals surface area (Å²) in [5.41, 5.74) is 11.1. The summed E-state index contributed by atoms with van der Waals surface area (Å²) in [6.45, 7) is 4.17. The van der Waals surface area contributed by atoms with E-state index in [0.717, 1.165) is 19.7 Å². The van der Waals surface area contributed by atoms with Gasteiger partial charge in [0.2, 0.25) is 0 Å². The first kappa shape index (κ1) is 13.8. The van der Waals surface area contributed by atoms with Crippen LogP contribution in [0.4, 0.5) is 0 Å². The van der Waals surface area contributed by atoms with E-state index in [1.807, 2.05) is 18.2 Å². The standard InChI is InChI=1S/C15H15ClIN/c1-9-3-4-10(2)12(7-9)15(18)13-8-11(16)5-6-14(13)17/h3-8,15H,18H2,1-2H3. The molecule has 0 aliphatic heterocycles. The normalized spacial score (nSPS) is 12.5. The van der Waals surface area contributed by atoms with E-state index >= 15 is 0 Å². The van der Waals surface area contributed by atoms with Crippen molar-refractivity contribution in [3.8, 4) is 0 Å². The highest BCUT2D eigenvalue weighted by molar-refractivity contribution is 14.1. The lowest BCUT2D eigenvalue weighted by molar-refractivity contribution is 0.854. The first-order valence-electron chi connectivity index (χ1n) is 5.76. The molecule has 1 unspecified atom stereocenters. The second kappa shape index (κ2) is 5.59. The van der Waals surface area contributed by atoms with Crippen LogP contribution in [0.1, 0.15) is 28.3 Å². The van der Waals surface area contributed by atoms with Crippen molar-refractivity contribution in [1.82, 2.24) is 0 Å². The SMILES string of the molecule is Cc1ccc(C)c(C(N)c2cc(Cl)ccc2I)c1. The lowest BCUT2D eigenvalue weighted by Gasteiger charge is -2.17. The Morgan fingerprint density at radius 1 is 1.06 bits per heavy atom. The van der Waals surface area contributed by atoms with Gasteiger partial charge in [0.25, 0.3) is 0 Å². The molecule has 0 bridgehead atoms. The minimum atomic E-state index is -0.129. The van der Waals surface area contributed by atoms with Gasteiger partial charge in [-0.1, -0.05) is 35.4 Å². The number of hydrogen-bond acceptors (Lipinski definition) is 1. The Morgan fingerprint density at radius 3 is 2.50 bits per heavy atom. The monoisotopic (exact) mass is 371 g/mol. The predicted octanol–water partition coefficient (Wildman–Crippen LogP) is 4.61. The summed E-state index contributed by atoms with van der Waals surface area (Å²) in [6, 6.07) is 12.1. The van der Waals surface area contributed by atoms with Gasteiger partial charge in [0.1, 0.15) is 0 Å². The fourth-order valence-corrected chi connectivity index (χ4v) is 2.87. The van der Waals surface area contributed by atoms with Crippen LogP contribution in [-0.4, -0.2) is 0 Å². The molecule has 2 aromatic rings. The highest BCUT2D eigenvalue weighted by Gasteiger charge is 2.14. The molecule has 1 nitrogen and oxygen atoms in total. The number of aryl methyl sites for hydroxylation is 2. The molecular weight excluding hydrogens is 357 g/mol. The second-order valence-electron chi connectivity index (χ2n) is 4.50. The Hall–Kier alpha value is -0.580. The summed E-state index contributed by atoms with van der Waals surface area (Å²) in [5.74, 6) is 0. The molecule has 0 aliphatic rings. The van der Waals surface area contributed by atoms with Crippen LogP contribution in [0, 0.1) is 17.4 Å². The molecule has 2 N–H and O–H groups in total. The molecule has 3 heteroatoms. The Bertz CT molecular complexity index is 529. The van der Waals surface area contributed by atoms with Crippen molar-refractivity contribution in [2.24, 2.45) is 5.73 Å². The van der Waals surface area contributed by atoms with Crippen LogP contribution >= 0.6 is 34.2 Å². The lowest BCUT2D eigenvalue weighted by Crippen LogP contribution is -2.15. The molecule has 0 saturated carbocycles. The third kappa shape index (κ3) is 2.87. The number of rotatable bonds is 2. The summed E-state index contributed by atoms with van der Waals surface area (Å²) in [5, 5.41) is 0.728. The van der Waals surface area contributed by atoms with E-state index in [1.54, 1.807) is 0 Å². The van der Waals surface area contributed by atoms with E-state index in [0.29, 0.717) is 0 Å². The average Bonchev–Trinajstić information content (AvgIpc) is 2.34. The molecule has 2 aromatic carbocycles. The first-order valence-corrected chi connectivity index (χ1v) is 7.22. The largest absolute Gasteiger partial charge is 0.320 e. The van der Waals surface area contributed by atoms with Gasteiger partial charge in [-0.2, -0.15) is 0 Å². The first-order chi connectivity index (χ1) is 8.49. The summed E-state index contributed by atoms with van der Waals surface area (Å²) < 4.78 is 1.14. The molecule has 0 fully saturated rings. The van der Waals surface area contributed by atoms with Crippen molar-refractivity contribution < 1.29 is 0 Å². The summed E-state index contributed by atoms with van der Waals surface area (Å²) >= 11 is 8.36. The number of halogens is 2. The minimum Gasteiger partial charge on any atom is -0.320 e. The fourth-order valence-electron chi connectivity index (χ4n) is 2.02.